The SMILES string of the molecule is [CH2-]C(C)(C)CN(C)CC([CH2-])(C)C.[Yb+2]. The Morgan fingerprint density at radius 1 is 0.923 bits per heavy atom. The Labute approximate surface area is 123 Å². The van der Waals surface area contributed by atoms with E-state index in [4.69, 9.17) is 0 Å². The Hall–Kier alpha value is 1.48. The average molecular weight is 342 g/mol. The largest absolute Gasteiger partial charge is 2.00 e. The molecule has 0 unspecified atom stereocenters. The van der Waals surface area contributed by atoms with Crippen molar-refractivity contribution in [2.24, 2.45) is 10.8 Å². The van der Waals surface area contributed by atoms with E-state index in [2.05, 4.69) is 53.5 Å². The van der Waals surface area contributed by atoms with Crippen LogP contribution in [-0.4, -0.2) is 25.0 Å². The minimum Gasteiger partial charge on any atom is -0.337 e. The molecule has 0 saturated heterocycles. The Morgan fingerprint density at radius 3 is 1.31 bits per heavy atom. The fraction of sp³-hybridized carbons (Fsp3) is 0.818. The Bertz CT molecular complexity index is 114. The molecule has 0 aliphatic carbocycles. The van der Waals surface area contributed by atoms with E-state index >= 15 is 0 Å². The molecule has 2 heteroatoms. The zero-order chi connectivity index (χ0) is 9.99. The molecule has 0 aromatic heterocycles. The molecule has 0 aliphatic heterocycles. The van der Waals surface area contributed by atoms with Crippen LogP contribution in [0, 0.1) is 71.6 Å². The molecule has 0 rings (SSSR count). The molecule has 0 spiro atoms. The van der Waals surface area contributed by atoms with Gasteiger partial charge in [0.2, 0.25) is 0 Å². The molecule has 0 fully saturated rings. The van der Waals surface area contributed by atoms with Gasteiger partial charge in [-0.2, -0.15) is 10.8 Å². The standard InChI is InChI=1S/C11H23N.Yb/c1-10(2,3)8-12(7)9-11(4,5)6;/h1,4,8-9H2,2-3,5-7H3;/q-2;+2. The van der Waals surface area contributed by atoms with Crippen molar-refractivity contribution >= 4 is 0 Å². The van der Waals surface area contributed by atoms with Crippen molar-refractivity contribution in [1.82, 2.24) is 4.90 Å². The first-order chi connectivity index (χ1) is 5.10. The third-order valence-corrected chi connectivity index (χ3v) is 1.40. The van der Waals surface area contributed by atoms with E-state index in [1.54, 1.807) is 0 Å². The molecular weight excluding hydrogens is 319 g/mol. The predicted molar refractivity (Wildman–Crippen MR) is 55.8 cm³/mol. The average Bonchev–Trinajstić information content (AvgIpc) is 1.49. The maximum atomic E-state index is 4.08. The summed E-state index contributed by atoms with van der Waals surface area (Å²) in [5, 5.41) is 0. The van der Waals surface area contributed by atoms with E-state index in [0.717, 1.165) is 13.1 Å². The molecule has 13 heavy (non-hydrogen) atoms. The van der Waals surface area contributed by atoms with Crippen molar-refractivity contribution in [2.75, 3.05) is 20.1 Å². The molecule has 1 nitrogen and oxygen atoms in total. The van der Waals surface area contributed by atoms with Crippen LogP contribution in [0.25, 0.3) is 0 Å². The van der Waals surface area contributed by atoms with Gasteiger partial charge in [-0.15, -0.1) is 0 Å². The molecule has 0 aromatic rings. The van der Waals surface area contributed by atoms with Crippen molar-refractivity contribution in [3.8, 4) is 0 Å². The van der Waals surface area contributed by atoms with E-state index in [9.17, 15) is 0 Å². The first-order valence-electron chi connectivity index (χ1n) is 4.49. The molecule has 86 valence electrons. The summed E-state index contributed by atoms with van der Waals surface area (Å²) >= 11 is 0. The van der Waals surface area contributed by atoms with Crippen LogP contribution < -0.4 is 0 Å². The first kappa shape index (κ1) is 16.9. The van der Waals surface area contributed by atoms with Crippen molar-refractivity contribution in [2.45, 2.75) is 27.7 Å². The van der Waals surface area contributed by atoms with Gasteiger partial charge in [0.25, 0.3) is 0 Å². The number of hydrogen-bond donors (Lipinski definition) is 0. The van der Waals surface area contributed by atoms with Crippen LogP contribution in [0.3, 0.4) is 0 Å². The van der Waals surface area contributed by atoms with Crippen LogP contribution in [0.1, 0.15) is 27.7 Å². The van der Waals surface area contributed by atoms with Crippen LogP contribution in [0.4, 0.5) is 0 Å². The van der Waals surface area contributed by atoms with Crippen LogP contribution >= 0.6 is 0 Å². The number of hydrogen-bond acceptors (Lipinski definition) is 1. The van der Waals surface area contributed by atoms with E-state index in [1.807, 2.05) is 0 Å². The van der Waals surface area contributed by atoms with Crippen molar-refractivity contribution in [3.05, 3.63) is 13.8 Å². The van der Waals surface area contributed by atoms with Gasteiger partial charge < -0.3 is 18.7 Å². The molecule has 0 amide bonds. The summed E-state index contributed by atoms with van der Waals surface area (Å²) in [6.45, 7) is 18.8. The second-order valence-corrected chi connectivity index (χ2v) is 5.50. The molecule has 0 bridgehead atoms. The summed E-state index contributed by atoms with van der Waals surface area (Å²) in [7, 11) is 2.12. The molecule has 0 N–H and O–H groups in total. The fourth-order valence-electron chi connectivity index (χ4n) is 1.52. The first-order valence-corrected chi connectivity index (χ1v) is 4.49. The topological polar surface area (TPSA) is 3.24 Å². The zero-order valence-corrected chi connectivity index (χ0v) is 11.3. The van der Waals surface area contributed by atoms with Crippen molar-refractivity contribution in [3.63, 3.8) is 0 Å². The summed E-state index contributed by atoms with van der Waals surface area (Å²) in [6, 6.07) is 0. The zero-order valence-electron chi connectivity index (χ0n) is 9.54. The summed E-state index contributed by atoms with van der Waals surface area (Å²) in [6.07, 6.45) is 0. The van der Waals surface area contributed by atoms with E-state index < -0.39 is 0 Å². The molecule has 0 atom stereocenters. The van der Waals surface area contributed by atoms with Gasteiger partial charge in [0.15, 0.2) is 0 Å². The maximum absolute atomic E-state index is 4.08. The van der Waals surface area contributed by atoms with Crippen LogP contribution in [-0.2, 0) is 0 Å². The second kappa shape index (κ2) is 6.15. The fourth-order valence-corrected chi connectivity index (χ4v) is 1.52. The van der Waals surface area contributed by atoms with Crippen LogP contribution in [0.2, 0.25) is 0 Å². The van der Waals surface area contributed by atoms with E-state index in [-0.39, 0.29) is 57.8 Å². The molecule has 0 aliphatic rings. The monoisotopic (exact) mass is 343 g/mol. The maximum Gasteiger partial charge on any atom is 2.00 e. The third kappa shape index (κ3) is 13.5. The quantitative estimate of drug-likeness (QED) is 0.710. The van der Waals surface area contributed by atoms with Gasteiger partial charge in [-0.05, 0) is 20.1 Å². The van der Waals surface area contributed by atoms with E-state index in [0.29, 0.717) is 0 Å². The van der Waals surface area contributed by atoms with Crippen LogP contribution in [0.5, 0.6) is 0 Å². The van der Waals surface area contributed by atoms with Gasteiger partial charge in [0.05, 0.1) is 0 Å². The Morgan fingerprint density at radius 2 is 1.15 bits per heavy atom. The second-order valence-electron chi connectivity index (χ2n) is 5.50. The predicted octanol–water partition coefficient (Wildman–Crippen LogP) is 2.64. The number of rotatable bonds is 4. The van der Waals surface area contributed by atoms with Gasteiger partial charge in [-0.25, -0.2) is 0 Å². The summed E-state index contributed by atoms with van der Waals surface area (Å²) in [4.78, 5) is 2.29. The van der Waals surface area contributed by atoms with Crippen LogP contribution in [0.15, 0.2) is 0 Å². The minimum absolute atomic E-state index is 0. The molecular formula is C11H23NYb. The minimum atomic E-state index is 0. The van der Waals surface area contributed by atoms with Gasteiger partial charge in [0, 0.05) is 0 Å². The summed E-state index contributed by atoms with van der Waals surface area (Å²) < 4.78 is 0. The normalized spacial score (nSPS) is 12.9. The van der Waals surface area contributed by atoms with E-state index in [1.165, 1.54) is 0 Å². The van der Waals surface area contributed by atoms with Crippen molar-refractivity contribution in [1.29, 1.82) is 0 Å². The van der Waals surface area contributed by atoms with Gasteiger partial charge in [-0.3, -0.25) is 0 Å². The van der Waals surface area contributed by atoms with Gasteiger partial charge in [0.1, 0.15) is 0 Å². The Balaban J connectivity index is 0. The summed E-state index contributed by atoms with van der Waals surface area (Å²) in [5.74, 6) is 0. The van der Waals surface area contributed by atoms with Gasteiger partial charge >= 0.3 is 46.9 Å². The van der Waals surface area contributed by atoms with Gasteiger partial charge in [-0.1, -0.05) is 27.7 Å². The molecule has 0 heterocycles. The number of nitrogens with zero attached hydrogens (tertiary/aromatic N) is 1. The Kier molecular flexibility index (Phi) is 7.99. The molecule has 0 aromatic carbocycles. The summed E-state index contributed by atoms with van der Waals surface area (Å²) in [5.41, 5.74) is 0.278. The molecule has 0 radical (unpaired) electrons. The van der Waals surface area contributed by atoms with Crippen molar-refractivity contribution < 1.29 is 46.9 Å². The molecule has 0 saturated carbocycles. The smallest absolute Gasteiger partial charge is 0.337 e. The third-order valence-electron chi connectivity index (χ3n) is 1.40.